The summed E-state index contributed by atoms with van der Waals surface area (Å²) >= 11 is 0. The van der Waals surface area contributed by atoms with Gasteiger partial charge in [-0.05, 0) is 19.8 Å². The molecule has 0 amide bonds. The third-order valence-corrected chi connectivity index (χ3v) is 6.17. The average molecular weight is 497 g/mol. The quantitative estimate of drug-likeness (QED) is 0.130. The molecule has 10 atom stereocenters. The molecule has 200 valence electrons. The Kier molecular flexibility index (Phi) is 12.7. The summed E-state index contributed by atoms with van der Waals surface area (Å²) in [6.07, 6.45) is -8.49. The van der Waals surface area contributed by atoms with Gasteiger partial charge < -0.3 is 59.5 Å². The highest BCUT2D eigenvalue weighted by molar-refractivity contribution is 5.75. The lowest BCUT2D eigenvalue weighted by Crippen LogP contribution is -2.64. The van der Waals surface area contributed by atoms with Crippen LogP contribution in [0.25, 0.3) is 0 Å². The fourth-order valence-corrected chi connectivity index (χ4v) is 4.08. The molecule has 10 unspecified atom stereocenters. The molecule has 0 spiro atoms. The van der Waals surface area contributed by atoms with Gasteiger partial charge in [0, 0.05) is 13.0 Å². The maximum atomic E-state index is 10.9. The lowest BCUT2D eigenvalue weighted by atomic mass is 9.97. The number of aliphatic hydroxyl groups excluding tert-OH is 7. The van der Waals surface area contributed by atoms with Crippen LogP contribution < -0.4 is 0 Å². The Morgan fingerprint density at radius 1 is 0.706 bits per heavy atom. The molecule has 0 aromatic heterocycles. The minimum atomic E-state index is -1.71. The molecule has 0 saturated carbocycles. The van der Waals surface area contributed by atoms with E-state index < -0.39 is 74.6 Å². The largest absolute Gasteiger partial charge is 0.394 e. The van der Waals surface area contributed by atoms with E-state index in [-0.39, 0.29) is 12.4 Å². The van der Waals surface area contributed by atoms with E-state index in [0.717, 1.165) is 32.1 Å². The van der Waals surface area contributed by atoms with Crippen molar-refractivity contribution in [1.29, 1.82) is 0 Å². The molecular weight excluding hydrogens is 456 g/mol. The van der Waals surface area contributed by atoms with Crippen LogP contribution in [0.15, 0.2) is 0 Å². The van der Waals surface area contributed by atoms with Crippen molar-refractivity contribution < 1.29 is 59.5 Å². The van der Waals surface area contributed by atoms with Crippen molar-refractivity contribution in [2.75, 3.05) is 19.8 Å². The van der Waals surface area contributed by atoms with Gasteiger partial charge in [0.2, 0.25) is 0 Å². The molecule has 2 saturated heterocycles. The first-order valence-corrected chi connectivity index (χ1v) is 11.9. The van der Waals surface area contributed by atoms with E-state index in [1.165, 1.54) is 0 Å². The zero-order valence-electron chi connectivity index (χ0n) is 19.5. The molecular formula is C22H40O12. The van der Waals surface area contributed by atoms with Crippen LogP contribution in [0.5, 0.6) is 0 Å². The van der Waals surface area contributed by atoms with Gasteiger partial charge in [-0.2, -0.15) is 0 Å². The maximum absolute atomic E-state index is 10.9. The molecule has 34 heavy (non-hydrogen) atoms. The number of rotatable bonds is 14. The van der Waals surface area contributed by atoms with Crippen LogP contribution >= 0.6 is 0 Å². The van der Waals surface area contributed by atoms with E-state index in [9.17, 15) is 40.5 Å². The van der Waals surface area contributed by atoms with Crippen molar-refractivity contribution in [3.05, 3.63) is 0 Å². The Morgan fingerprint density at radius 3 is 1.88 bits per heavy atom. The summed E-state index contributed by atoms with van der Waals surface area (Å²) in [4.78, 5) is 10.9. The highest BCUT2D eigenvalue weighted by Gasteiger charge is 2.50. The summed E-state index contributed by atoms with van der Waals surface area (Å²) in [6, 6.07) is 0. The summed E-state index contributed by atoms with van der Waals surface area (Å²) in [5.41, 5.74) is 0. The van der Waals surface area contributed by atoms with Crippen molar-refractivity contribution in [1.82, 2.24) is 0 Å². The number of carbonyl (C=O) groups excluding carboxylic acids is 1. The number of unbranched alkanes of at least 4 members (excludes halogenated alkanes) is 5. The molecule has 0 radical (unpaired) electrons. The monoisotopic (exact) mass is 496 g/mol. The number of Topliss-reactive ketones (excluding diaryl/α,β-unsaturated/α-hetero) is 1. The Bertz CT molecular complexity index is 588. The molecule has 2 heterocycles. The zero-order valence-corrected chi connectivity index (χ0v) is 19.5. The normalized spacial score (nSPS) is 38.7. The van der Waals surface area contributed by atoms with E-state index in [1.54, 1.807) is 6.92 Å². The molecule has 2 aliphatic rings. The fraction of sp³-hybridized carbons (Fsp3) is 0.955. The van der Waals surface area contributed by atoms with Gasteiger partial charge in [0.15, 0.2) is 12.6 Å². The van der Waals surface area contributed by atoms with Gasteiger partial charge >= 0.3 is 0 Å². The minimum absolute atomic E-state index is 0.198. The summed E-state index contributed by atoms with van der Waals surface area (Å²) in [5.74, 6) is 0.198. The topological polar surface area (TPSA) is 196 Å². The molecule has 12 heteroatoms. The second-order valence-corrected chi connectivity index (χ2v) is 8.95. The van der Waals surface area contributed by atoms with Crippen molar-refractivity contribution in [3.8, 4) is 0 Å². The van der Waals surface area contributed by atoms with Crippen molar-refractivity contribution >= 4 is 5.78 Å². The average Bonchev–Trinajstić information content (AvgIpc) is 2.81. The van der Waals surface area contributed by atoms with Gasteiger partial charge in [-0.1, -0.05) is 25.7 Å². The second-order valence-electron chi connectivity index (χ2n) is 8.95. The third kappa shape index (κ3) is 8.14. The molecule has 0 bridgehead atoms. The second kappa shape index (κ2) is 14.7. The van der Waals surface area contributed by atoms with Crippen LogP contribution in [0.3, 0.4) is 0 Å². The van der Waals surface area contributed by atoms with E-state index in [1.807, 2.05) is 0 Å². The van der Waals surface area contributed by atoms with Crippen LogP contribution in [0.4, 0.5) is 0 Å². The SMILES string of the molecule is CC(=O)CCCCCCCCOC1OC(CO)C(OC2OC(CO)C(O)C(O)C2O)C(O)C1O. The summed E-state index contributed by atoms with van der Waals surface area (Å²) in [6.45, 7) is 0.584. The van der Waals surface area contributed by atoms with E-state index in [2.05, 4.69) is 0 Å². The number of ether oxygens (including phenoxy) is 4. The highest BCUT2D eigenvalue weighted by Crippen LogP contribution is 2.29. The minimum Gasteiger partial charge on any atom is -0.394 e. The fourth-order valence-electron chi connectivity index (χ4n) is 4.08. The van der Waals surface area contributed by atoms with Crippen molar-refractivity contribution in [2.24, 2.45) is 0 Å². The zero-order chi connectivity index (χ0) is 25.3. The molecule has 2 fully saturated rings. The number of aliphatic hydroxyl groups is 7. The molecule has 12 nitrogen and oxygen atoms in total. The molecule has 2 rings (SSSR count). The molecule has 0 aromatic carbocycles. The number of carbonyl (C=O) groups is 1. The first kappa shape index (κ1) is 29.5. The smallest absolute Gasteiger partial charge is 0.187 e. The van der Waals surface area contributed by atoms with Gasteiger partial charge in [0.25, 0.3) is 0 Å². The summed E-state index contributed by atoms with van der Waals surface area (Å²) < 4.78 is 21.9. The molecule has 7 N–H and O–H groups in total. The van der Waals surface area contributed by atoms with Crippen LogP contribution in [0.2, 0.25) is 0 Å². The van der Waals surface area contributed by atoms with Gasteiger partial charge in [0.1, 0.15) is 54.6 Å². The number of ketones is 1. The van der Waals surface area contributed by atoms with Crippen LogP contribution in [-0.4, -0.2) is 123 Å². The van der Waals surface area contributed by atoms with Gasteiger partial charge in [-0.15, -0.1) is 0 Å². The maximum Gasteiger partial charge on any atom is 0.187 e. The molecule has 2 aliphatic heterocycles. The van der Waals surface area contributed by atoms with Crippen LogP contribution in [-0.2, 0) is 23.7 Å². The van der Waals surface area contributed by atoms with Crippen LogP contribution in [0, 0.1) is 0 Å². The van der Waals surface area contributed by atoms with E-state index >= 15 is 0 Å². The highest BCUT2D eigenvalue weighted by atomic mass is 16.7. The van der Waals surface area contributed by atoms with Crippen LogP contribution in [0.1, 0.15) is 51.9 Å². The molecule has 0 aliphatic carbocycles. The third-order valence-electron chi connectivity index (χ3n) is 6.17. The predicted molar refractivity (Wildman–Crippen MR) is 115 cm³/mol. The predicted octanol–water partition coefficient (Wildman–Crippen LogP) is -2.05. The lowest BCUT2D eigenvalue weighted by Gasteiger charge is -2.45. The summed E-state index contributed by atoms with van der Waals surface area (Å²) in [5, 5.41) is 69.9. The summed E-state index contributed by atoms with van der Waals surface area (Å²) in [7, 11) is 0. The first-order chi connectivity index (χ1) is 16.2. The van der Waals surface area contributed by atoms with Gasteiger partial charge in [0.05, 0.1) is 13.2 Å². The standard InChI is InChI=1S/C22H40O12/c1-12(25)8-6-4-2-3-5-7-9-31-21-19(30)17(28)20(14(11-24)33-21)34-22-18(29)16(27)15(26)13(10-23)32-22/h13-24,26-30H,2-11H2,1H3. The van der Waals surface area contributed by atoms with Gasteiger partial charge in [-0.3, -0.25) is 0 Å². The first-order valence-electron chi connectivity index (χ1n) is 11.9. The van der Waals surface area contributed by atoms with Crippen molar-refractivity contribution in [3.63, 3.8) is 0 Å². The Morgan fingerprint density at radius 2 is 1.26 bits per heavy atom. The number of hydrogen-bond donors (Lipinski definition) is 7. The van der Waals surface area contributed by atoms with Crippen molar-refractivity contribution in [2.45, 2.75) is 113 Å². The Hall–Kier alpha value is -0.770. The van der Waals surface area contributed by atoms with E-state index in [0.29, 0.717) is 12.8 Å². The lowest BCUT2D eigenvalue weighted by molar-refractivity contribution is -0.359. The van der Waals surface area contributed by atoms with Gasteiger partial charge in [-0.25, -0.2) is 0 Å². The Labute approximate surface area is 199 Å². The van der Waals surface area contributed by atoms with E-state index in [4.69, 9.17) is 18.9 Å². The number of hydrogen-bond acceptors (Lipinski definition) is 12. The Balaban J connectivity index is 1.79. The molecule has 0 aromatic rings.